The molecule has 2 fully saturated rings. The molecule has 7 heteroatoms. The molecule has 4 rings (SSSR count). The highest BCUT2D eigenvalue weighted by Crippen LogP contribution is 2.50. The number of hydrogen-bond donors (Lipinski definition) is 0. The van der Waals surface area contributed by atoms with Gasteiger partial charge in [-0.25, -0.2) is 8.42 Å². The topological polar surface area (TPSA) is 57.7 Å². The summed E-state index contributed by atoms with van der Waals surface area (Å²) in [5.74, 6) is 0.240. The first kappa shape index (κ1) is 20.4. The van der Waals surface area contributed by atoms with E-state index in [0.717, 1.165) is 23.1 Å². The Morgan fingerprint density at radius 2 is 1.72 bits per heavy atom. The van der Waals surface area contributed by atoms with Gasteiger partial charge in [-0.1, -0.05) is 41.9 Å². The third-order valence-corrected chi connectivity index (χ3v) is 8.31. The summed E-state index contributed by atoms with van der Waals surface area (Å²) in [5, 5.41) is 0.706. The number of amides is 1. The first-order chi connectivity index (χ1) is 13.8. The molecule has 0 radical (unpaired) electrons. The molecule has 0 spiro atoms. The van der Waals surface area contributed by atoms with Crippen LogP contribution in [0.5, 0.6) is 0 Å². The molecule has 2 atom stereocenters. The van der Waals surface area contributed by atoms with Gasteiger partial charge in [0.1, 0.15) is 0 Å². The molecule has 2 unspecified atom stereocenters. The van der Waals surface area contributed by atoms with Crippen molar-refractivity contribution in [2.75, 3.05) is 26.2 Å². The Kier molecular flexibility index (Phi) is 5.44. The molecular weight excluding hydrogens is 408 g/mol. The van der Waals surface area contributed by atoms with Gasteiger partial charge in [0.2, 0.25) is 15.9 Å². The van der Waals surface area contributed by atoms with E-state index in [0.29, 0.717) is 36.1 Å². The second-order valence-electron chi connectivity index (χ2n) is 7.97. The molecule has 0 bridgehead atoms. The average molecular weight is 433 g/mol. The van der Waals surface area contributed by atoms with Gasteiger partial charge in [0.05, 0.1) is 4.90 Å². The molecule has 2 aromatic carbocycles. The van der Waals surface area contributed by atoms with Crippen LogP contribution in [0.15, 0.2) is 47.4 Å². The van der Waals surface area contributed by atoms with Crippen LogP contribution in [0.4, 0.5) is 0 Å². The molecule has 2 aromatic rings. The molecule has 1 aliphatic heterocycles. The van der Waals surface area contributed by atoms with E-state index in [4.69, 9.17) is 11.6 Å². The van der Waals surface area contributed by atoms with Gasteiger partial charge in [0.25, 0.3) is 0 Å². The molecule has 1 amide bonds. The van der Waals surface area contributed by atoms with E-state index in [1.165, 1.54) is 4.31 Å². The standard InChI is InChI=1S/C22H25ClN2O3S/c1-15-7-8-16(2)21(13-15)29(27,28)25-11-9-24(10-12-25)22(26)19-14-18(19)17-5-3-4-6-20(17)23/h3-8,13,18-19H,9-12,14H2,1-2H3. The minimum atomic E-state index is -3.55. The maximum absolute atomic E-state index is 13.1. The summed E-state index contributed by atoms with van der Waals surface area (Å²) in [6, 6.07) is 13.1. The molecule has 1 aliphatic carbocycles. The van der Waals surface area contributed by atoms with Crippen LogP contribution in [-0.2, 0) is 14.8 Å². The van der Waals surface area contributed by atoms with Crippen LogP contribution in [0.25, 0.3) is 0 Å². The highest BCUT2D eigenvalue weighted by atomic mass is 35.5. The monoisotopic (exact) mass is 432 g/mol. The average Bonchev–Trinajstić information content (AvgIpc) is 3.50. The van der Waals surface area contributed by atoms with Gasteiger partial charge in [-0.05, 0) is 55.0 Å². The lowest BCUT2D eigenvalue weighted by molar-refractivity contribution is -0.133. The van der Waals surface area contributed by atoms with Crippen molar-refractivity contribution >= 4 is 27.5 Å². The number of sulfonamides is 1. The second kappa shape index (κ2) is 7.74. The van der Waals surface area contributed by atoms with Crippen LogP contribution < -0.4 is 0 Å². The zero-order valence-electron chi connectivity index (χ0n) is 16.6. The van der Waals surface area contributed by atoms with Crippen molar-refractivity contribution in [3.63, 3.8) is 0 Å². The van der Waals surface area contributed by atoms with Crippen LogP contribution in [-0.4, -0.2) is 49.7 Å². The lowest BCUT2D eigenvalue weighted by Gasteiger charge is -2.34. The van der Waals surface area contributed by atoms with Crippen molar-refractivity contribution < 1.29 is 13.2 Å². The van der Waals surface area contributed by atoms with Crippen molar-refractivity contribution in [1.82, 2.24) is 9.21 Å². The van der Waals surface area contributed by atoms with Gasteiger partial charge >= 0.3 is 0 Å². The summed E-state index contributed by atoms with van der Waals surface area (Å²) in [6.07, 6.45) is 0.809. The Balaban J connectivity index is 1.40. The summed E-state index contributed by atoms with van der Waals surface area (Å²) in [7, 11) is -3.55. The van der Waals surface area contributed by atoms with E-state index in [-0.39, 0.29) is 17.7 Å². The van der Waals surface area contributed by atoms with Gasteiger partial charge in [0, 0.05) is 37.1 Å². The summed E-state index contributed by atoms with van der Waals surface area (Å²) in [4.78, 5) is 15.1. The first-order valence-corrected chi connectivity index (χ1v) is 11.7. The maximum Gasteiger partial charge on any atom is 0.243 e. The van der Waals surface area contributed by atoms with Gasteiger partial charge in [0.15, 0.2) is 0 Å². The highest BCUT2D eigenvalue weighted by Gasteiger charge is 2.47. The number of carbonyl (C=O) groups excluding carboxylic acids is 1. The third-order valence-electron chi connectivity index (χ3n) is 5.92. The molecule has 1 saturated heterocycles. The van der Waals surface area contributed by atoms with Crippen LogP contribution in [0, 0.1) is 19.8 Å². The van der Waals surface area contributed by atoms with E-state index in [1.54, 1.807) is 11.0 Å². The largest absolute Gasteiger partial charge is 0.340 e. The number of nitrogens with zero attached hydrogens (tertiary/aromatic N) is 2. The number of piperazine rings is 1. The van der Waals surface area contributed by atoms with Gasteiger partial charge in [-0.2, -0.15) is 4.31 Å². The second-order valence-corrected chi connectivity index (χ2v) is 10.3. The molecule has 1 saturated carbocycles. The third kappa shape index (κ3) is 3.93. The summed E-state index contributed by atoms with van der Waals surface area (Å²) >= 11 is 6.27. The molecule has 0 aromatic heterocycles. The van der Waals surface area contributed by atoms with Crippen molar-refractivity contribution in [3.05, 3.63) is 64.2 Å². The minimum absolute atomic E-state index is 0.0444. The summed E-state index contributed by atoms with van der Waals surface area (Å²) < 4.78 is 27.6. The zero-order chi connectivity index (χ0) is 20.8. The molecule has 2 aliphatic rings. The number of halogens is 1. The zero-order valence-corrected chi connectivity index (χ0v) is 18.2. The smallest absolute Gasteiger partial charge is 0.243 e. The Hall–Kier alpha value is -1.89. The first-order valence-electron chi connectivity index (χ1n) is 9.89. The summed E-state index contributed by atoms with van der Waals surface area (Å²) in [5.41, 5.74) is 2.70. The quantitative estimate of drug-likeness (QED) is 0.741. The number of carbonyl (C=O) groups is 1. The molecule has 154 valence electrons. The van der Waals surface area contributed by atoms with E-state index < -0.39 is 10.0 Å². The van der Waals surface area contributed by atoms with Crippen LogP contribution >= 0.6 is 11.6 Å². The summed E-state index contributed by atoms with van der Waals surface area (Å²) in [6.45, 7) is 5.20. The molecule has 1 heterocycles. The fourth-order valence-electron chi connectivity index (χ4n) is 4.10. The fraction of sp³-hybridized carbons (Fsp3) is 0.409. The van der Waals surface area contributed by atoms with E-state index in [1.807, 2.05) is 50.2 Å². The van der Waals surface area contributed by atoms with Crippen molar-refractivity contribution in [1.29, 1.82) is 0 Å². The Morgan fingerprint density at radius 3 is 2.41 bits per heavy atom. The van der Waals surface area contributed by atoms with Crippen LogP contribution in [0.3, 0.4) is 0 Å². The minimum Gasteiger partial charge on any atom is -0.340 e. The maximum atomic E-state index is 13.1. The highest BCUT2D eigenvalue weighted by molar-refractivity contribution is 7.89. The van der Waals surface area contributed by atoms with Gasteiger partial charge in [-0.15, -0.1) is 0 Å². The Bertz CT molecular complexity index is 1050. The Morgan fingerprint density at radius 1 is 1.03 bits per heavy atom. The fourth-order valence-corrected chi connectivity index (χ4v) is 6.10. The van der Waals surface area contributed by atoms with Crippen LogP contribution in [0.2, 0.25) is 5.02 Å². The molecular formula is C22H25ClN2O3S. The lowest BCUT2D eigenvalue weighted by Crippen LogP contribution is -2.51. The van der Waals surface area contributed by atoms with E-state index in [9.17, 15) is 13.2 Å². The van der Waals surface area contributed by atoms with Gasteiger partial charge < -0.3 is 4.90 Å². The van der Waals surface area contributed by atoms with Crippen LogP contribution in [0.1, 0.15) is 29.0 Å². The molecule has 0 N–H and O–H groups in total. The van der Waals surface area contributed by atoms with E-state index >= 15 is 0 Å². The normalized spacial score (nSPS) is 22.5. The van der Waals surface area contributed by atoms with Crippen molar-refractivity contribution in [3.8, 4) is 0 Å². The number of rotatable bonds is 4. The predicted molar refractivity (Wildman–Crippen MR) is 114 cm³/mol. The SMILES string of the molecule is Cc1ccc(C)c(S(=O)(=O)N2CCN(C(=O)C3CC3c3ccccc3Cl)CC2)c1. The van der Waals surface area contributed by atoms with Crippen molar-refractivity contribution in [2.24, 2.45) is 5.92 Å². The Labute approximate surface area is 177 Å². The van der Waals surface area contributed by atoms with E-state index in [2.05, 4.69) is 0 Å². The molecule has 5 nitrogen and oxygen atoms in total. The van der Waals surface area contributed by atoms with Gasteiger partial charge in [-0.3, -0.25) is 4.79 Å². The lowest BCUT2D eigenvalue weighted by atomic mass is 10.1. The molecule has 29 heavy (non-hydrogen) atoms. The van der Waals surface area contributed by atoms with Crippen molar-refractivity contribution in [2.45, 2.75) is 31.1 Å². The predicted octanol–water partition coefficient (Wildman–Crippen LogP) is 3.59. The number of benzene rings is 2. The number of aryl methyl sites for hydroxylation is 2. The number of hydrogen-bond acceptors (Lipinski definition) is 3.